The molecule has 0 saturated carbocycles. The number of carbonyl (C=O) groups is 1. The Kier molecular flexibility index (Phi) is 7.24. The molecule has 9 heteroatoms. The number of nitro benzene ring substituents is 1. The number of ether oxygens (including phenoxy) is 2. The zero-order chi connectivity index (χ0) is 24.0. The highest BCUT2D eigenvalue weighted by atomic mass is 16.6. The Balaban J connectivity index is 1.83. The molecule has 0 atom stereocenters. The number of nitrogens with zero attached hydrogens (tertiary/aromatic N) is 2. The molecule has 0 saturated heterocycles. The van der Waals surface area contributed by atoms with Crippen LogP contribution in [0, 0.1) is 24.0 Å². The van der Waals surface area contributed by atoms with E-state index in [9.17, 15) is 20.0 Å². The van der Waals surface area contributed by atoms with E-state index < -0.39 is 10.8 Å². The smallest absolute Gasteiger partial charge is 0.315 e. The molecule has 0 heterocycles. The van der Waals surface area contributed by atoms with Gasteiger partial charge in [0.1, 0.15) is 12.4 Å². The van der Waals surface area contributed by atoms with Crippen molar-refractivity contribution in [2.45, 2.75) is 20.5 Å². The first-order chi connectivity index (χ1) is 15.8. The number of hydrazone groups is 1. The second-order valence-corrected chi connectivity index (χ2v) is 7.26. The molecule has 3 aromatic carbocycles. The summed E-state index contributed by atoms with van der Waals surface area (Å²) in [5.41, 5.74) is 5.31. The maximum Gasteiger partial charge on any atom is 0.315 e. The van der Waals surface area contributed by atoms with Gasteiger partial charge in [-0.15, -0.1) is 0 Å². The number of aryl methyl sites for hydroxylation is 2. The lowest BCUT2D eigenvalue weighted by Gasteiger charge is -2.13. The molecule has 0 unspecified atom stereocenters. The van der Waals surface area contributed by atoms with Crippen molar-refractivity contribution in [3.63, 3.8) is 0 Å². The Morgan fingerprint density at radius 3 is 2.64 bits per heavy atom. The average molecular weight is 449 g/mol. The number of para-hydroxylation sites is 1. The van der Waals surface area contributed by atoms with Gasteiger partial charge in [0.15, 0.2) is 5.75 Å². The number of amides is 1. The van der Waals surface area contributed by atoms with E-state index in [1.165, 1.54) is 37.6 Å². The lowest BCUT2D eigenvalue weighted by Crippen LogP contribution is -2.17. The van der Waals surface area contributed by atoms with Crippen LogP contribution in [-0.4, -0.2) is 29.3 Å². The number of nitrogens with one attached hydrogen (secondary N) is 1. The number of carbonyl (C=O) groups excluding carboxylic acids is 1. The van der Waals surface area contributed by atoms with Crippen molar-refractivity contribution in [3.8, 4) is 17.2 Å². The first-order valence-corrected chi connectivity index (χ1v) is 9.97. The molecule has 33 heavy (non-hydrogen) atoms. The molecule has 3 rings (SSSR count). The van der Waals surface area contributed by atoms with E-state index in [4.69, 9.17) is 9.47 Å². The van der Waals surface area contributed by atoms with Crippen LogP contribution in [0.5, 0.6) is 17.2 Å². The summed E-state index contributed by atoms with van der Waals surface area (Å²) in [6.07, 6.45) is 1.24. The first-order valence-electron chi connectivity index (χ1n) is 9.97. The Morgan fingerprint density at radius 1 is 1.18 bits per heavy atom. The highest BCUT2D eigenvalue weighted by molar-refractivity contribution is 5.97. The molecule has 0 spiro atoms. The van der Waals surface area contributed by atoms with Gasteiger partial charge in [0.05, 0.1) is 23.8 Å². The SMILES string of the molecule is COc1cc(/C=N\NC(=O)c2ccccc2O)cc([N+](=O)[O-])c1OCc1cc(C)ccc1C. The van der Waals surface area contributed by atoms with Gasteiger partial charge in [-0.25, -0.2) is 5.43 Å². The average Bonchev–Trinajstić information content (AvgIpc) is 2.79. The van der Waals surface area contributed by atoms with Gasteiger partial charge in [-0.05, 0) is 43.2 Å². The van der Waals surface area contributed by atoms with Crippen molar-refractivity contribution in [1.29, 1.82) is 0 Å². The summed E-state index contributed by atoms with van der Waals surface area (Å²) in [7, 11) is 1.38. The van der Waals surface area contributed by atoms with Crippen LogP contribution in [0.2, 0.25) is 0 Å². The van der Waals surface area contributed by atoms with Crippen molar-refractivity contribution in [2.75, 3.05) is 7.11 Å². The summed E-state index contributed by atoms with van der Waals surface area (Å²) >= 11 is 0. The fraction of sp³-hybridized carbons (Fsp3) is 0.167. The lowest BCUT2D eigenvalue weighted by atomic mass is 10.1. The predicted octanol–water partition coefficient (Wildman–Crippen LogP) is 4.27. The van der Waals surface area contributed by atoms with Gasteiger partial charge >= 0.3 is 5.69 Å². The Bertz CT molecular complexity index is 1220. The summed E-state index contributed by atoms with van der Waals surface area (Å²) in [5, 5.41) is 25.3. The van der Waals surface area contributed by atoms with Crippen molar-refractivity contribution >= 4 is 17.8 Å². The van der Waals surface area contributed by atoms with Gasteiger partial charge in [0, 0.05) is 11.6 Å². The number of phenols is 1. The minimum absolute atomic E-state index is 0.00111. The van der Waals surface area contributed by atoms with E-state index in [0.29, 0.717) is 5.56 Å². The van der Waals surface area contributed by atoms with Gasteiger partial charge < -0.3 is 14.6 Å². The van der Waals surface area contributed by atoms with Crippen LogP contribution >= 0.6 is 0 Å². The number of aromatic hydroxyl groups is 1. The highest BCUT2D eigenvalue weighted by Gasteiger charge is 2.22. The van der Waals surface area contributed by atoms with Crippen LogP contribution in [0.25, 0.3) is 0 Å². The molecule has 0 fully saturated rings. The number of nitro groups is 1. The Morgan fingerprint density at radius 2 is 1.94 bits per heavy atom. The second kappa shape index (κ2) is 10.3. The molecular formula is C24H23N3O6. The zero-order valence-corrected chi connectivity index (χ0v) is 18.4. The van der Waals surface area contributed by atoms with Crippen molar-refractivity contribution in [2.24, 2.45) is 5.10 Å². The van der Waals surface area contributed by atoms with Gasteiger partial charge in [0.2, 0.25) is 5.75 Å². The van der Waals surface area contributed by atoms with Gasteiger partial charge in [-0.3, -0.25) is 14.9 Å². The number of hydrogen-bond acceptors (Lipinski definition) is 7. The molecule has 0 aliphatic heterocycles. The van der Waals surface area contributed by atoms with E-state index >= 15 is 0 Å². The standard InChI is InChI=1S/C24H23N3O6/c1-15-8-9-16(2)18(10-15)14-33-23-20(27(30)31)11-17(12-22(23)32-3)13-25-26-24(29)19-6-4-5-7-21(19)28/h4-13,28H,14H2,1-3H3,(H,26,29)/b25-13-. The Labute approximate surface area is 190 Å². The molecule has 2 N–H and O–H groups in total. The van der Waals surface area contributed by atoms with Gasteiger partial charge in [0.25, 0.3) is 5.91 Å². The quantitative estimate of drug-likeness (QED) is 0.301. The normalized spacial score (nSPS) is 10.8. The molecule has 1 amide bonds. The third-order valence-electron chi connectivity index (χ3n) is 4.88. The van der Waals surface area contributed by atoms with Crippen LogP contribution in [0.4, 0.5) is 5.69 Å². The largest absolute Gasteiger partial charge is 0.507 e. The molecule has 0 radical (unpaired) electrons. The molecule has 0 bridgehead atoms. The molecule has 170 valence electrons. The monoisotopic (exact) mass is 449 g/mol. The van der Waals surface area contributed by atoms with E-state index in [1.807, 2.05) is 32.0 Å². The molecule has 3 aromatic rings. The van der Waals surface area contributed by atoms with E-state index in [-0.39, 0.29) is 35.1 Å². The number of benzene rings is 3. The minimum atomic E-state index is -0.626. The molecule has 9 nitrogen and oxygen atoms in total. The van der Waals surface area contributed by atoms with Crippen LogP contribution in [0.1, 0.15) is 32.6 Å². The van der Waals surface area contributed by atoms with Crippen LogP contribution in [-0.2, 0) is 6.61 Å². The fourth-order valence-corrected chi connectivity index (χ4v) is 3.11. The van der Waals surface area contributed by atoms with Gasteiger partial charge in [-0.1, -0.05) is 35.9 Å². The summed E-state index contributed by atoms with van der Waals surface area (Å²) in [6.45, 7) is 4.03. The summed E-state index contributed by atoms with van der Waals surface area (Å²) in [5.74, 6) is -0.658. The number of rotatable bonds is 8. The van der Waals surface area contributed by atoms with Crippen LogP contribution in [0.15, 0.2) is 59.7 Å². The van der Waals surface area contributed by atoms with E-state index in [1.54, 1.807) is 12.1 Å². The zero-order valence-electron chi connectivity index (χ0n) is 18.4. The lowest BCUT2D eigenvalue weighted by molar-refractivity contribution is -0.386. The number of phenolic OH excluding ortho intramolecular Hbond substituents is 1. The van der Waals surface area contributed by atoms with E-state index in [0.717, 1.165) is 16.7 Å². The summed E-state index contributed by atoms with van der Waals surface area (Å²) in [6, 6.07) is 14.7. The van der Waals surface area contributed by atoms with Crippen molar-refractivity contribution in [3.05, 3.63) is 92.5 Å². The molecule has 0 aromatic heterocycles. The topological polar surface area (TPSA) is 123 Å². The minimum Gasteiger partial charge on any atom is -0.507 e. The maximum absolute atomic E-state index is 12.1. The van der Waals surface area contributed by atoms with Crippen molar-refractivity contribution < 1.29 is 24.3 Å². The second-order valence-electron chi connectivity index (χ2n) is 7.26. The Hall–Kier alpha value is -4.40. The summed E-state index contributed by atoms with van der Waals surface area (Å²) < 4.78 is 11.1. The predicted molar refractivity (Wildman–Crippen MR) is 123 cm³/mol. The third kappa shape index (κ3) is 5.65. The highest BCUT2D eigenvalue weighted by Crippen LogP contribution is 2.38. The molecule has 0 aliphatic rings. The fourth-order valence-electron chi connectivity index (χ4n) is 3.11. The third-order valence-corrected chi connectivity index (χ3v) is 4.88. The van der Waals surface area contributed by atoms with Crippen LogP contribution in [0.3, 0.4) is 0 Å². The molecular weight excluding hydrogens is 426 g/mol. The maximum atomic E-state index is 12.1. The summed E-state index contributed by atoms with van der Waals surface area (Å²) in [4.78, 5) is 23.3. The molecule has 0 aliphatic carbocycles. The number of methoxy groups -OCH3 is 1. The van der Waals surface area contributed by atoms with Gasteiger partial charge in [-0.2, -0.15) is 5.10 Å². The number of hydrogen-bond donors (Lipinski definition) is 2. The van der Waals surface area contributed by atoms with E-state index in [2.05, 4.69) is 10.5 Å². The first kappa shape index (κ1) is 23.3. The van der Waals surface area contributed by atoms with Crippen LogP contribution < -0.4 is 14.9 Å². The van der Waals surface area contributed by atoms with Crippen molar-refractivity contribution in [1.82, 2.24) is 5.43 Å².